The fraction of sp³-hybridized carbons (Fsp3) is 0.105. The summed E-state index contributed by atoms with van der Waals surface area (Å²) in [5.74, 6) is 1.07. The summed E-state index contributed by atoms with van der Waals surface area (Å²) in [5.41, 5.74) is 8.92. The van der Waals surface area contributed by atoms with Gasteiger partial charge < -0.3 is 15.5 Å². The molecule has 0 saturated heterocycles. The van der Waals surface area contributed by atoms with Gasteiger partial charge in [0.15, 0.2) is 5.76 Å². The van der Waals surface area contributed by atoms with Crippen molar-refractivity contribution < 1.29 is 9.21 Å². The second kappa shape index (κ2) is 6.09. The van der Waals surface area contributed by atoms with Crippen LogP contribution in [0.3, 0.4) is 0 Å². The van der Waals surface area contributed by atoms with Crippen LogP contribution in [0.15, 0.2) is 59.0 Å². The Bertz CT molecular complexity index is 926. The number of amides is 1. The highest BCUT2D eigenvalue weighted by molar-refractivity contribution is 8.08. The average molecular weight is 336 g/mol. The topological polar surface area (TPSA) is 68.3 Å². The van der Waals surface area contributed by atoms with Crippen LogP contribution in [0, 0.1) is 0 Å². The van der Waals surface area contributed by atoms with E-state index >= 15 is 0 Å². The first-order valence-corrected chi connectivity index (χ1v) is 8.72. The number of nitrogens with two attached hydrogens (primary N) is 1. The molecule has 0 bridgehead atoms. The van der Waals surface area contributed by atoms with Crippen LogP contribution in [-0.4, -0.2) is 11.7 Å². The van der Waals surface area contributed by atoms with E-state index in [9.17, 15) is 4.79 Å². The maximum absolute atomic E-state index is 12.5. The average Bonchev–Trinajstić information content (AvgIpc) is 3.26. The number of rotatable bonds is 3. The van der Waals surface area contributed by atoms with Crippen LogP contribution in [0.25, 0.3) is 15.9 Å². The summed E-state index contributed by atoms with van der Waals surface area (Å²) in [6, 6.07) is 15.0. The highest BCUT2D eigenvalue weighted by Crippen LogP contribution is 2.36. The summed E-state index contributed by atoms with van der Waals surface area (Å²) < 4.78 is 5.60. The number of anilines is 2. The number of hydrogen-bond donors (Lipinski definition) is 2. The van der Waals surface area contributed by atoms with E-state index in [0.717, 1.165) is 23.1 Å². The molecule has 0 atom stereocenters. The summed E-state index contributed by atoms with van der Waals surface area (Å²) in [6.45, 7) is 0. The number of nitrogen functional groups attached to an aromatic ring is 1. The Morgan fingerprint density at radius 3 is 2.83 bits per heavy atom. The van der Waals surface area contributed by atoms with Gasteiger partial charge >= 0.3 is 0 Å². The highest BCUT2D eigenvalue weighted by Gasteiger charge is 2.15. The number of para-hydroxylation sites is 1. The molecule has 0 spiro atoms. The number of carbonyl (C=O) groups is 1. The quantitative estimate of drug-likeness (QED) is 0.678. The molecule has 0 saturated carbocycles. The molecular weight excluding hydrogens is 320 g/mol. The van der Waals surface area contributed by atoms with Crippen LogP contribution in [0.2, 0.25) is 0 Å². The first kappa shape index (κ1) is 14.9. The number of hydrogen-bond acceptors (Lipinski definition) is 4. The van der Waals surface area contributed by atoms with Crippen molar-refractivity contribution in [3.05, 3.63) is 65.9 Å². The molecule has 4 rings (SSSR count). The number of thioether (sulfide) groups is 1. The lowest BCUT2D eigenvalue weighted by atomic mass is 10.1. The normalized spacial score (nSPS) is 13.9. The Morgan fingerprint density at radius 1 is 1.17 bits per heavy atom. The van der Waals surface area contributed by atoms with Gasteiger partial charge in [0.2, 0.25) is 0 Å². The number of carbonyl (C=O) groups excluding carboxylic acids is 1. The molecule has 5 heteroatoms. The van der Waals surface area contributed by atoms with E-state index in [1.54, 1.807) is 6.07 Å². The Kier molecular flexibility index (Phi) is 3.78. The van der Waals surface area contributed by atoms with Gasteiger partial charge in [-0.05, 0) is 36.2 Å². The smallest absolute Gasteiger partial charge is 0.291 e. The molecule has 2 aromatic carbocycles. The molecule has 1 aliphatic heterocycles. The highest BCUT2D eigenvalue weighted by atomic mass is 32.2. The van der Waals surface area contributed by atoms with Crippen LogP contribution in [0.4, 0.5) is 11.4 Å². The Balaban J connectivity index is 1.62. The van der Waals surface area contributed by atoms with Gasteiger partial charge in [0.25, 0.3) is 5.91 Å². The van der Waals surface area contributed by atoms with E-state index in [1.165, 1.54) is 4.91 Å². The fourth-order valence-electron chi connectivity index (χ4n) is 2.71. The summed E-state index contributed by atoms with van der Waals surface area (Å²) in [6.07, 6.45) is 3.28. The Labute approximate surface area is 143 Å². The Morgan fingerprint density at radius 2 is 2.04 bits per heavy atom. The molecule has 120 valence electrons. The van der Waals surface area contributed by atoms with E-state index in [2.05, 4.69) is 11.4 Å². The van der Waals surface area contributed by atoms with Gasteiger partial charge in [-0.25, -0.2) is 0 Å². The molecule has 24 heavy (non-hydrogen) atoms. The number of furan rings is 1. The van der Waals surface area contributed by atoms with Crippen LogP contribution in [-0.2, 0) is 0 Å². The third-order valence-electron chi connectivity index (χ3n) is 3.94. The maximum Gasteiger partial charge on any atom is 0.291 e. The van der Waals surface area contributed by atoms with Crippen molar-refractivity contribution in [2.45, 2.75) is 6.42 Å². The van der Waals surface area contributed by atoms with Crippen molar-refractivity contribution in [2.24, 2.45) is 0 Å². The molecule has 3 N–H and O–H groups in total. The van der Waals surface area contributed by atoms with Crippen LogP contribution < -0.4 is 11.1 Å². The zero-order chi connectivity index (χ0) is 16.5. The largest absolute Gasteiger partial charge is 0.451 e. The number of benzene rings is 2. The molecule has 0 radical (unpaired) electrons. The zero-order valence-corrected chi connectivity index (χ0v) is 13.7. The monoisotopic (exact) mass is 336 g/mol. The second-order valence-corrected chi connectivity index (χ2v) is 6.75. The minimum atomic E-state index is -0.303. The SMILES string of the molecule is Nc1ccc(C2=CCCS2)cc1NC(=O)c1cc2ccccc2o1. The van der Waals surface area contributed by atoms with Gasteiger partial charge in [0, 0.05) is 16.0 Å². The van der Waals surface area contributed by atoms with Crippen LogP contribution >= 0.6 is 11.8 Å². The molecule has 3 aromatic rings. The summed E-state index contributed by atoms with van der Waals surface area (Å²) in [7, 11) is 0. The van der Waals surface area contributed by atoms with Crippen molar-refractivity contribution in [1.29, 1.82) is 0 Å². The number of allylic oxidation sites excluding steroid dienone is 1. The van der Waals surface area contributed by atoms with Crippen LogP contribution in [0.5, 0.6) is 0 Å². The molecule has 4 nitrogen and oxygen atoms in total. The van der Waals surface area contributed by atoms with E-state index < -0.39 is 0 Å². The molecule has 0 unspecified atom stereocenters. The third kappa shape index (κ3) is 2.78. The maximum atomic E-state index is 12.5. The van der Waals surface area contributed by atoms with E-state index in [4.69, 9.17) is 10.2 Å². The third-order valence-corrected chi connectivity index (χ3v) is 5.09. The van der Waals surface area contributed by atoms with Gasteiger partial charge in [0.1, 0.15) is 5.58 Å². The van der Waals surface area contributed by atoms with Gasteiger partial charge in [0.05, 0.1) is 11.4 Å². The first-order valence-electron chi connectivity index (χ1n) is 7.73. The summed E-state index contributed by atoms with van der Waals surface area (Å²) in [4.78, 5) is 13.7. The van der Waals surface area contributed by atoms with Crippen molar-refractivity contribution in [3.8, 4) is 0 Å². The predicted molar refractivity (Wildman–Crippen MR) is 100 cm³/mol. The first-order chi connectivity index (χ1) is 11.7. The van der Waals surface area contributed by atoms with E-state index in [-0.39, 0.29) is 11.7 Å². The lowest BCUT2D eigenvalue weighted by molar-refractivity contribution is 0.0999. The lowest BCUT2D eigenvalue weighted by Gasteiger charge is -2.10. The van der Waals surface area contributed by atoms with E-state index in [1.807, 2.05) is 54.2 Å². The van der Waals surface area contributed by atoms with Crippen molar-refractivity contribution in [2.75, 3.05) is 16.8 Å². The molecule has 0 aliphatic carbocycles. The summed E-state index contributed by atoms with van der Waals surface area (Å²) in [5, 5.41) is 3.76. The molecule has 1 aliphatic rings. The van der Waals surface area contributed by atoms with Gasteiger partial charge in [-0.15, -0.1) is 11.8 Å². The Hall–Kier alpha value is -2.66. The summed E-state index contributed by atoms with van der Waals surface area (Å²) >= 11 is 1.82. The second-order valence-electron chi connectivity index (χ2n) is 5.61. The van der Waals surface area contributed by atoms with Crippen molar-refractivity contribution >= 4 is 44.9 Å². The minimum Gasteiger partial charge on any atom is -0.451 e. The van der Waals surface area contributed by atoms with Gasteiger partial charge in [-0.2, -0.15) is 0 Å². The van der Waals surface area contributed by atoms with Crippen molar-refractivity contribution in [1.82, 2.24) is 0 Å². The van der Waals surface area contributed by atoms with Gasteiger partial charge in [-0.1, -0.05) is 30.3 Å². The lowest BCUT2D eigenvalue weighted by Crippen LogP contribution is -2.12. The zero-order valence-electron chi connectivity index (χ0n) is 12.9. The van der Waals surface area contributed by atoms with Crippen molar-refractivity contribution in [3.63, 3.8) is 0 Å². The molecular formula is C19H16N2O2S. The molecule has 0 fully saturated rings. The fourth-order valence-corrected chi connectivity index (χ4v) is 3.70. The number of nitrogens with one attached hydrogen (secondary N) is 1. The van der Waals surface area contributed by atoms with E-state index in [0.29, 0.717) is 17.0 Å². The van der Waals surface area contributed by atoms with Gasteiger partial charge in [-0.3, -0.25) is 4.79 Å². The molecule has 1 aromatic heterocycles. The molecule has 1 amide bonds. The minimum absolute atomic E-state index is 0.274. The molecule has 2 heterocycles. The standard InChI is InChI=1S/C19H16N2O2S/c20-14-8-7-13(18-6-3-9-24-18)10-15(14)21-19(22)17-11-12-4-1-2-5-16(12)23-17/h1-2,4-8,10-11H,3,9,20H2,(H,21,22). The predicted octanol–water partition coefficient (Wildman–Crippen LogP) is 4.75. The number of fused-ring (bicyclic) bond motifs is 1. The van der Waals surface area contributed by atoms with Crippen LogP contribution in [0.1, 0.15) is 22.5 Å².